The SMILES string of the molecule is O=C(NCC1CCCN1Cc1ccccc1)[C@H](O)C1CCOCC1. The molecule has 5 nitrogen and oxygen atoms in total. The Hall–Kier alpha value is -1.43. The molecule has 1 aromatic carbocycles. The first kappa shape index (κ1) is 17.4. The Balaban J connectivity index is 1.47. The number of ether oxygens (including phenoxy) is 1. The minimum atomic E-state index is -0.905. The number of carbonyl (C=O) groups excluding carboxylic acids is 1. The molecule has 1 unspecified atom stereocenters. The third-order valence-corrected chi connectivity index (χ3v) is 5.22. The van der Waals surface area contributed by atoms with Crippen molar-refractivity contribution in [2.75, 3.05) is 26.3 Å². The van der Waals surface area contributed by atoms with Crippen LogP contribution in [0, 0.1) is 5.92 Å². The number of nitrogens with one attached hydrogen (secondary N) is 1. The predicted molar refractivity (Wildman–Crippen MR) is 92.4 cm³/mol. The number of rotatable bonds is 6. The monoisotopic (exact) mass is 332 g/mol. The van der Waals surface area contributed by atoms with Gasteiger partial charge in [-0.1, -0.05) is 30.3 Å². The van der Waals surface area contributed by atoms with E-state index >= 15 is 0 Å². The number of amides is 1. The second-order valence-corrected chi connectivity index (χ2v) is 6.89. The summed E-state index contributed by atoms with van der Waals surface area (Å²) in [7, 11) is 0. The largest absolute Gasteiger partial charge is 0.383 e. The van der Waals surface area contributed by atoms with Crippen LogP contribution in [0.3, 0.4) is 0 Å². The molecule has 0 spiro atoms. The summed E-state index contributed by atoms with van der Waals surface area (Å²) in [5.74, 6) is -0.198. The molecule has 2 aliphatic rings. The lowest BCUT2D eigenvalue weighted by Gasteiger charge is -2.28. The lowest BCUT2D eigenvalue weighted by Crippen LogP contribution is -2.46. The fourth-order valence-electron chi connectivity index (χ4n) is 3.72. The van der Waals surface area contributed by atoms with E-state index in [4.69, 9.17) is 4.74 Å². The highest BCUT2D eigenvalue weighted by atomic mass is 16.5. The zero-order chi connectivity index (χ0) is 16.8. The zero-order valence-corrected chi connectivity index (χ0v) is 14.2. The van der Waals surface area contributed by atoms with Gasteiger partial charge in [-0.2, -0.15) is 0 Å². The Morgan fingerprint density at radius 2 is 2.00 bits per heavy atom. The van der Waals surface area contributed by atoms with Crippen molar-refractivity contribution in [2.24, 2.45) is 5.92 Å². The molecular formula is C19H28N2O3. The van der Waals surface area contributed by atoms with E-state index < -0.39 is 6.10 Å². The maximum atomic E-state index is 12.2. The first-order valence-electron chi connectivity index (χ1n) is 9.05. The van der Waals surface area contributed by atoms with Gasteiger partial charge in [0.05, 0.1) is 0 Å². The van der Waals surface area contributed by atoms with Gasteiger partial charge < -0.3 is 15.2 Å². The van der Waals surface area contributed by atoms with Gasteiger partial charge in [0.25, 0.3) is 0 Å². The molecule has 1 aromatic rings. The van der Waals surface area contributed by atoms with Crippen LogP contribution in [0.15, 0.2) is 30.3 Å². The van der Waals surface area contributed by atoms with Gasteiger partial charge in [0.15, 0.2) is 0 Å². The van der Waals surface area contributed by atoms with Crippen molar-refractivity contribution in [3.8, 4) is 0 Å². The summed E-state index contributed by atoms with van der Waals surface area (Å²) in [5, 5.41) is 13.2. The number of hydrogen-bond donors (Lipinski definition) is 2. The van der Waals surface area contributed by atoms with E-state index in [1.54, 1.807) is 0 Å². The van der Waals surface area contributed by atoms with Crippen LogP contribution in [0.4, 0.5) is 0 Å². The molecule has 2 saturated heterocycles. The van der Waals surface area contributed by atoms with Crippen LogP contribution in [-0.4, -0.2) is 54.4 Å². The normalized spacial score (nSPS) is 24.0. The second kappa shape index (κ2) is 8.60. The fourth-order valence-corrected chi connectivity index (χ4v) is 3.72. The third-order valence-electron chi connectivity index (χ3n) is 5.22. The van der Waals surface area contributed by atoms with Crippen molar-refractivity contribution < 1.29 is 14.6 Å². The maximum Gasteiger partial charge on any atom is 0.249 e. The van der Waals surface area contributed by atoms with Crippen LogP contribution in [0.2, 0.25) is 0 Å². The number of hydrogen-bond acceptors (Lipinski definition) is 4. The minimum Gasteiger partial charge on any atom is -0.383 e. The van der Waals surface area contributed by atoms with Gasteiger partial charge in [-0.25, -0.2) is 0 Å². The molecule has 0 saturated carbocycles. The van der Waals surface area contributed by atoms with Crippen molar-refractivity contribution in [1.29, 1.82) is 0 Å². The highest BCUT2D eigenvalue weighted by Crippen LogP contribution is 2.21. The van der Waals surface area contributed by atoms with E-state index in [2.05, 4.69) is 34.5 Å². The lowest BCUT2D eigenvalue weighted by molar-refractivity contribution is -0.134. The fraction of sp³-hybridized carbons (Fsp3) is 0.632. The molecular weight excluding hydrogens is 304 g/mol. The van der Waals surface area contributed by atoms with E-state index in [1.165, 1.54) is 5.56 Å². The topological polar surface area (TPSA) is 61.8 Å². The van der Waals surface area contributed by atoms with Crippen LogP contribution in [-0.2, 0) is 16.1 Å². The third kappa shape index (κ3) is 4.56. The quantitative estimate of drug-likeness (QED) is 0.830. The minimum absolute atomic E-state index is 0.0303. The Kier molecular flexibility index (Phi) is 6.24. The summed E-state index contributed by atoms with van der Waals surface area (Å²) in [6, 6.07) is 10.8. The summed E-state index contributed by atoms with van der Waals surface area (Å²) in [6.07, 6.45) is 2.88. The number of aliphatic hydroxyl groups excluding tert-OH is 1. The average Bonchev–Trinajstić information content (AvgIpc) is 3.07. The van der Waals surface area contributed by atoms with Gasteiger partial charge >= 0.3 is 0 Å². The van der Waals surface area contributed by atoms with E-state index in [1.807, 2.05) is 6.07 Å². The molecule has 5 heteroatoms. The Bertz CT molecular complexity index is 517. The van der Waals surface area contributed by atoms with Gasteiger partial charge in [0.1, 0.15) is 6.10 Å². The molecule has 2 atom stereocenters. The Labute approximate surface area is 144 Å². The average molecular weight is 332 g/mol. The number of benzene rings is 1. The first-order valence-corrected chi connectivity index (χ1v) is 9.05. The van der Waals surface area contributed by atoms with Crippen LogP contribution < -0.4 is 5.32 Å². The van der Waals surface area contributed by atoms with Crippen molar-refractivity contribution in [3.05, 3.63) is 35.9 Å². The van der Waals surface area contributed by atoms with Crippen molar-refractivity contribution in [1.82, 2.24) is 10.2 Å². The van der Waals surface area contributed by atoms with Gasteiger partial charge in [-0.3, -0.25) is 9.69 Å². The number of carbonyl (C=O) groups is 1. The summed E-state index contributed by atoms with van der Waals surface area (Å²) >= 11 is 0. The molecule has 0 aliphatic carbocycles. The standard InChI is InChI=1S/C19H28N2O3/c22-18(16-8-11-24-12-9-16)19(23)20-13-17-7-4-10-21(17)14-15-5-2-1-3-6-15/h1-3,5-6,16-18,22H,4,7-14H2,(H,20,23)/t17?,18-/m1/s1. The van der Waals surface area contributed by atoms with Crippen LogP contribution in [0.25, 0.3) is 0 Å². The number of likely N-dealkylation sites (tertiary alicyclic amines) is 1. The first-order chi connectivity index (χ1) is 11.7. The molecule has 0 radical (unpaired) electrons. The molecule has 1 amide bonds. The smallest absolute Gasteiger partial charge is 0.249 e. The number of aliphatic hydroxyl groups is 1. The highest BCUT2D eigenvalue weighted by Gasteiger charge is 2.30. The number of nitrogens with zero attached hydrogens (tertiary/aromatic N) is 1. The molecule has 2 fully saturated rings. The second-order valence-electron chi connectivity index (χ2n) is 6.89. The van der Waals surface area contributed by atoms with Gasteiger partial charge in [-0.05, 0) is 43.7 Å². The molecule has 24 heavy (non-hydrogen) atoms. The van der Waals surface area contributed by atoms with Crippen LogP contribution >= 0.6 is 0 Å². The molecule has 132 valence electrons. The van der Waals surface area contributed by atoms with E-state index in [9.17, 15) is 9.90 Å². The van der Waals surface area contributed by atoms with E-state index in [0.717, 1.165) is 38.8 Å². The van der Waals surface area contributed by atoms with Crippen LogP contribution in [0.5, 0.6) is 0 Å². The van der Waals surface area contributed by atoms with Gasteiger partial charge in [0, 0.05) is 32.3 Å². The summed E-state index contributed by atoms with van der Waals surface area (Å²) in [5.41, 5.74) is 1.30. The van der Waals surface area contributed by atoms with E-state index in [-0.39, 0.29) is 11.8 Å². The Morgan fingerprint density at radius 3 is 2.75 bits per heavy atom. The van der Waals surface area contributed by atoms with Gasteiger partial charge in [-0.15, -0.1) is 0 Å². The summed E-state index contributed by atoms with van der Waals surface area (Å²) < 4.78 is 5.29. The van der Waals surface area contributed by atoms with Crippen molar-refractivity contribution >= 4 is 5.91 Å². The van der Waals surface area contributed by atoms with Crippen molar-refractivity contribution in [3.63, 3.8) is 0 Å². The molecule has 0 aromatic heterocycles. The molecule has 3 rings (SSSR count). The predicted octanol–water partition coefficient (Wildman–Crippen LogP) is 1.55. The van der Waals surface area contributed by atoms with Gasteiger partial charge in [0.2, 0.25) is 5.91 Å². The molecule has 2 heterocycles. The molecule has 0 bridgehead atoms. The Morgan fingerprint density at radius 1 is 1.25 bits per heavy atom. The highest BCUT2D eigenvalue weighted by molar-refractivity contribution is 5.80. The van der Waals surface area contributed by atoms with Crippen molar-refractivity contribution in [2.45, 2.75) is 44.4 Å². The molecule has 2 aliphatic heterocycles. The molecule has 2 N–H and O–H groups in total. The van der Waals surface area contributed by atoms with Crippen LogP contribution in [0.1, 0.15) is 31.2 Å². The maximum absolute atomic E-state index is 12.2. The lowest BCUT2D eigenvalue weighted by atomic mass is 9.93. The van der Waals surface area contributed by atoms with E-state index in [0.29, 0.717) is 25.8 Å². The summed E-state index contributed by atoms with van der Waals surface area (Å²) in [6.45, 7) is 3.89. The summed E-state index contributed by atoms with van der Waals surface area (Å²) in [4.78, 5) is 14.7. The zero-order valence-electron chi connectivity index (χ0n) is 14.2.